The van der Waals surface area contributed by atoms with Gasteiger partial charge in [0.05, 0.1) is 22.5 Å². The SMILES string of the molecule is Cc1ccc(C(c2ccc(/N=C/c3cccc(C(C)(C)C)c3O)cc2)(c2ccc(/N=C/c3cccc(C(C)(C)C)c3O)cc2)c2ccc(/N=C/c3cccc(C(C)(C)C)c3O)cc2)cc1. The minimum Gasteiger partial charge on any atom is -0.507 e. The second-order valence-corrected chi connectivity index (χ2v) is 20.0. The summed E-state index contributed by atoms with van der Waals surface area (Å²) in [6, 6.07) is 51.0. The van der Waals surface area contributed by atoms with Gasteiger partial charge in [-0.25, -0.2) is 0 Å². The van der Waals surface area contributed by atoms with Crippen LogP contribution in [0.4, 0.5) is 17.1 Å². The molecule has 0 aliphatic heterocycles. The van der Waals surface area contributed by atoms with Crippen LogP contribution in [-0.4, -0.2) is 34.0 Å². The van der Waals surface area contributed by atoms with Crippen molar-refractivity contribution in [2.24, 2.45) is 15.0 Å². The minimum atomic E-state index is -0.793. The van der Waals surface area contributed by atoms with Gasteiger partial charge in [0.1, 0.15) is 17.2 Å². The molecular formula is C59H61N3O3. The fourth-order valence-electron chi connectivity index (χ4n) is 8.44. The number of hydrogen-bond acceptors (Lipinski definition) is 6. The molecule has 0 aliphatic rings. The minimum absolute atomic E-state index is 0.216. The summed E-state index contributed by atoms with van der Waals surface area (Å²) in [6.07, 6.45) is 5.18. The first-order valence-corrected chi connectivity index (χ1v) is 22.2. The topological polar surface area (TPSA) is 97.8 Å². The second-order valence-electron chi connectivity index (χ2n) is 20.0. The molecule has 0 fully saturated rings. The molecule has 6 nitrogen and oxygen atoms in total. The molecule has 0 bridgehead atoms. The van der Waals surface area contributed by atoms with Crippen LogP contribution >= 0.6 is 0 Å². The first-order valence-electron chi connectivity index (χ1n) is 22.2. The van der Waals surface area contributed by atoms with Gasteiger partial charge in [0.15, 0.2) is 0 Å². The van der Waals surface area contributed by atoms with Crippen molar-refractivity contribution in [3.8, 4) is 17.2 Å². The normalized spacial score (nSPS) is 12.8. The molecule has 0 amide bonds. The van der Waals surface area contributed by atoms with Crippen LogP contribution in [-0.2, 0) is 21.7 Å². The quantitative estimate of drug-likeness (QED) is 0.0944. The maximum absolute atomic E-state index is 11.1. The number of rotatable bonds is 10. The molecule has 0 saturated carbocycles. The number of nitrogens with zero attached hydrogens (tertiary/aromatic N) is 3. The number of benzene rings is 7. The van der Waals surface area contributed by atoms with Gasteiger partial charge >= 0.3 is 0 Å². The van der Waals surface area contributed by atoms with Crippen molar-refractivity contribution in [3.05, 3.63) is 213 Å². The van der Waals surface area contributed by atoms with E-state index in [4.69, 9.17) is 15.0 Å². The number of aryl methyl sites for hydroxylation is 1. The number of hydrogen-bond donors (Lipinski definition) is 3. The Morgan fingerprint density at radius 3 is 0.831 bits per heavy atom. The smallest absolute Gasteiger partial charge is 0.128 e. The van der Waals surface area contributed by atoms with E-state index in [1.165, 1.54) is 0 Å². The summed E-state index contributed by atoms with van der Waals surface area (Å²) in [6.45, 7) is 20.9. The van der Waals surface area contributed by atoms with Gasteiger partial charge in [0.25, 0.3) is 0 Å². The third kappa shape index (κ3) is 9.88. The third-order valence-electron chi connectivity index (χ3n) is 12.1. The number of para-hydroxylation sites is 3. The van der Waals surface area contributed by atoms with Crippen molar-refractivity contribution >= 4 is 35.7 Å². The number of aromatic hydroxyl groups is 3. The molecule has 7 aromatic carbocycles. The molecule has 0 spiro atoms. The molecule has 3 N–H and O–H groups in total. The Balaban J connectivity index is 1.34. The first-order chi connectivity index (χ1) is 30.8. The van der Waals surface area contributed by atoms with E-state index in [0.717, 1.165) is 61.6 Å². The van der Waals surface area contributed by atoms with E-state index in [9.17, 15) is 15.3 Å². The van der Waals surface area contributed by atoms with Crippen molar-refractivity contribution < 1.29 is 15.3 Å². The van der Waals surface area contributed by atoms with Gasteiger partial charge in [-0.3, -0.25) is 15.0 Å². The molecule has 330 valence electrons. The zero-order valence-corrected chi connectivity index (χ0v) is 39.3. The van der Waals surface area contributed by atoms with Crippen LogP contribution < -0.4 is 0 Å². The van der Waals surface area contributed by atoms with Gasteiger partial charge in [0, 0.05) is 35.3 Å². The highest BCUT2D eigenvalue weighted by atomic mass is 16.3. The van der Waals surface area contributed by atoms with E-state index in [0.29, 0.717) is 16.7 Å². The van der Waals surface area contributed by atoms with Gasteiger partial charge in [-0.05, 0) is 117 Å². The van der Waals surface area contributed by atoms with Gasteiger partial charge in [-0.2, -0.15) is 0 Å². The Labute approximate surface area is 385 Å². The molecule has 0 heterocycles. The molecule has 0 atom stereocenters. The predicted molar refractivity (Wildman–Crippen MR) is 272 cm³/mol. The maximum Gasteiger partial charge on any atom is 0.128 e. The lowest BCUT2D eigenvalue weighted by molar-refractivity contribution is 0.445. The number of phenols is 3. The van der Waals surface area contributed by atoms with Crippen molar-refractivity contribution in [1.29, 1.82) is 0 Å². The molecule has 7 rings (SSSR count). The Morgan fingerprint density at radius 1 is 0.338 bits per heavy atom. The summed E-state index contributed by atoms with van der Waals surface area (Å²) < 4.78 is 0. The van der Waals surface area contributed by atoms with E-state index in [1.807, 2.05) is 91.0 Å². The van der Waals surface area contributed by atoms with Crippen LogP contribution in [0.5, 0.6) is 17.2 Å². The Bertz CT molecular complexity index is 2590. The fraction of sp³-hybridized carbons (Fsp3) is 0.237. The van der Waals surface area contributed by atoms with Gasteiger partial charge in [-0.15, -0.1) is 0 Å². The van der Waals surface area contributed by atoms with Gasteiger partial charge in [0.2, 0.25) is 0 Å². The van der Waals surface area contributed by atoms with Crippen LogP contribution in [0.3, 0.4) is 0 Å². The highest BCUT2D eigenvalue weighted by Gasteiger charge is 2.38. The lowest BCUT2D eigenvalue weighted by atomic mass is 9.65. The maximum atomic E-state index is 11.1. The van der Waals surface area contributed by atoms with E-state index < -0.39 is 5.41 Å². The van der Waals surface area contributed by atoms with E-state index in [1.54, 1.807) is 18.6 Å². The predicted octanol–water partition coefficient (Wildman–Crippen LogP) is 14.6. The highest BCUT2D eigenvalue weighted by molar-refractivity contribution is 5.88. The number of aliphatic imine (C=N–C) groups is 3. The Hall–Kier alpha value is -7.05. The molecule has 65 heavy (non-hydrogen) atoms. The van der Waals surface area contributed by atoms with Crippen LogP contribution in [0.15, 0.2) is 167 Å². The summed E-state index contributed by atoms with van der Waals surface area (Å²) in [5.41, 5.74) is 10.7. The summed E-state index contributed by atoms with van der Waals surface area (Å²) in [4.78, 5) is 14.5. The molecule has 6 heteroatoms. The molecule has 0 unspecified atom stereocenters. The summed E-state index contributed by atoms with van der Waals surface area (Å²) >= 11 is 0. The molecule has 0 aromatic heterocycles. The third-order valence-corrected chi connectivity index (χ3v) is 12.1. The zero-order valence-electron chi connectivity index (χ0n) is 39.3. The van der Waals surface area contributed by atoms with Crippen molar-refractivity contribution in [3.63, 3.8) is 0 Å². The van der Waals surface area contributed by atoms with E-state index >= 15 is 0 Å². The number of phenolic OH excluding ortho intramolecular Hbond substituents is 3. The monoisotopic (exact) mass is 859 g/mol. The fourth-order valence-corrected chi connectivity index (χ4v) is 8.44. The van der Waals surface area contributed by atoms with Crippen molar-refractivity contribution in [1.82, 2.24) is 0 Å². The molecule has 0 aliphatic carbocycles. The highest BCUT2D eigenvalue weighted by Crippen LogP contribution is 2.47. The lowest BCUT2D eigenvalue weighted by Crippen LogP contribution is -2.31. The summed E-state index contributed by atoms with van der Waals surface area (Å²) in [5, 5.41) is 33.4. The summed E-state index contributed by atoms with van der Waals surface area (Å²) in [5.74, 6) is 0.722. The zero-order chi connectivity index (χ0) is 46.7. The average Bonchev–Trinajstić information content (AvgIpc) is 3.26. The lowest BCUT2D eigenvalue weighted by Gasteiger charge is -2.37. The second kappa shape index (κ2) is 18.2. The van der Waals surface area contributed by atoms with Crippen LogP contribution in [0.25, 0.3) is 0 Å². The van der Waals surface area contributed by atoms with Crippen molar-refractivity contribution in [2.45, 2.75) is 90.9 Å². The molecule has 7 aromatic rings. The van der Waals surface area contributed by atoms with Gasteiger partial charge in [-0.1, -0.05) is 165 Å². The van der Waals surface area contributed by atoms with Crippen LogP contribution in [0, 0.1) is 6.92 Å². The summed E-state index contributed by atoms with van der Waals surface area (Å²) in [7, 11) is 0. The van der Waals surface area contributed by atoms with Crippen LogP contribution in [0.2, 0.25) is 0 Å². The van der Waals surface area contributed by atoms with Crippen LogP contribution in [0.1, 0.15) is 124 Å². The average molecular weight is 860 g/mol. The first kappa shape index (κ1) is 46.0. The Kier molecular flexibility index (Phi) is 12.9. The molecule has 0 radical (unpaired) electrons. The molecule has 0 saturated heterocycles. The van der Waals surface area contributed by atoms with E-state index in [-0.39, 0.29) is 33.5 Å². The Morgan fingerprint density at radius 2 is 0.585 bits per heavy atom. The standard InChI is InChI=1S/C59H61N3O3/c1-39-20-22-43(23-21-39)59(44-24-30-47(31-25-44)60-36-40-14-11-17-50(53(40)63)56(2,3)4,45-26-32-48(33-27-45)61-37-41-15-12-18-51(54(41)64)57(5,6)7)46-28-34-49(35-29-46)62-38-42-16-13-19-52(55(42)65)58(8,9)10/h11-38,63-65H,1-10H3/b60-36+,61-37+,62-38+. The van der Waals surface area contributed by atoms with E-state index in [2.05, 4.69) is 130 Å². The van der Waals surface area contributed by atoms with Crippen molar-refractivity contribution in [2.75, 3.05) is 0 Å². The van der Waals surface area contributed by atoms with Gasteiger partial charge < -0.3 is 15.3 Å². The largest absolute Gasteiger partial charge is 0.507 e. The molecular weight excluding hydrogens is 799 g/mol.